The number of hydrogen-bond acceptors (Lipinski definition) is 5. The van der Waals surface area contributed by atoms with Crippen molar-refractivity contribution < 1.29 is 9.59 Å². The molecule has 3 aromatic rings. The van der Waals surface area contributed by atoms with Crippen LogP contribution in [0.5, 0.6) is 0 Å². The van der Waals surface area contributed by atoms with Crippen LogP contribution in [0.1, 0.15) is 35.7 Å². The molecule has 0 saturated carbocycles. The number of anilines is 1. The summed E-state index contributed by atoms with van der Waals surface area (Å²) in [5.74, 6) is 0.987. The van der Waals surface area contributed by atoms with Crippen molar-refractivity contribution in [1.29, 1.82) is 0 Å². The van der Waals surface area contributed by atoms with Crippen LogP contribution in [0, 0.1) is 13.8 Å². The minimum Gasteiger partial charge on any atom is -0.307 e. The number of benzene rings is 1. The number of nitrogens with one attached hydrogen (secondary N) is 2. The molecule has 0 atom stereocenters. The second-order valence-corrected chi connectivity index (χ2v) is 7.86. The second kappa shape index (κ2) is 8.62. The Labute approximate surface area is 175 Å². The van der Waals surface area contributed by atoms with Gasteiger partial charge in [0.15, 0.2) is 5.65 Å². The molecule has 1 saturated heterocycles. The SMILES string of the molecule is Cc1ccc(NC(=O)NC(=O)CN2CCC(c3nnc4ccccn34)CC2)c(C)c1. The Hall–Kier alpha value is -3.26. The summed E-state index contributed by atoms with van der Waals surface area (Å²) in [5.41, 5.74) is 3.63. The van der Waals surface area contributed by atoms with E-state index in [0.29, 0.717) is 11.6 Å². The topological polar surface area (TPSA) is 91.6 Å². The Kier molecular flexibility index (Phi) is 5.76. The fourth-order valence-corrected chi connectivity index (χ4v) is 3.96. The van der Waals surface area contributed by atoms with Crippen molar-refractivity contribution in [2.45, 2.75) is 32.6 Å². The maximum absolute atomic E-state index is 12.3. The van der Waals surface area contributed by atoms with Crippen LogP contribution < -0.4 is 10.6 Å². The second-order valence-electron chi connectivity index (χ2n) is 7.86. The van der Waals surface area contributed by atoms with Crippen LogP contribution >= 0.6 is 0 Å². The van der Waals surface area contributed by atoms with E-state index in [-0.39, 0.29) is 12.5 Å². The number of urea groups is 1. The molecule has 30 heavy (non-hydrogen) atoms. The number of amides is 3. The van der Waals surface area contributed by atoms with Gasteiger partial charge < -0.3 is 5.32 Å². The van der Waals surface area contributed by atoms with Crippen LogP contribution in [0.25, 0.3) is 5.65 Å². The van der Waals surface area contributed by atoms with E-state index in [1.165, 1.54) is 0 Å². The average molecular weight is 406 g/mol. The van der Waals surface area contributed by atoms with Crippen molar-refractivity contribution in [3.05, 3.63) is 59.5 Å². The molecule has 0 bridgehead atoms. The number of pyridine rings is 1. The zero-order chi connectivity index (χ0) is 21.1. The largest absolute Gasteiger partial charge is 0.325 e. The summed E-state index contributed by atoms with van der Waals surface area (Å²) in [5, 5.41) is 13.8. The highest BCUT2D eigenvalue weighted by atomic mass is 16.2. The van der Waals surface area contributed by atoms with Crippen molar-refractivity contribution in [2.24, 2.45) is 0 Å². The maximum Gasteiger partial charge on any atom is 0.325 e. The molecular weight excluding hydrogens is 380 g/mol. The van der Waals surface area contributed by atoms with Crippen molar-refractivity contribution in [1.82, 2.24) is 24.8 Å². The maximum atomic E-state index is 12.3. The van der Waals surface area contributed by atoms with E-state index in [2.05, 4.69) is 25.7 Å². The number of likely N-dealkylation sites (tertiary alicyclic amines) is 1. The smallest absolute Gasteiger partial charge is 0.307 e. The number of fused-ring (bicyclic) bond motifs is 1. The molecule has 1 fully saturated rings. The Bertz CT molecular complexity index is 1070. The quantitative estimate of drug-likeness (QED) is 0.695. The molecule has 0 unspecified atom stereocenters. The van der Waals surface area contributed by atoms with Gasteiger partial charge in [-0.15, -0.1) is 10.2 Å². The molecule has 8 nitrogen and oxygen atoms in total. The van der Waals surface area contributed by atoms with E-state index in [9.17, 15) is 9.59 Å². The van der Waals surface area contributed by atoms with Gasteiger partial charge >= 0.3 is 6.03 Å². The number of carbonyl (C=O) groups is 2. The molecule has 1 aliphatic heterocycles. The molecule has 2 N–H and O–H groups in total. The number of nitrogens with zero attached hydrogens (tertiary/aromatic N) is 4. The molecule has 0 aliphatic carbocycles. The number of aromatic nitrogens is 3. The third-order valence-electron chi connectivity index (χ3n) is 5.54. The van der Waals surface area contributed by atoms with E-state index in [1.807, 2.05) is 60.8 Å². The summed E-state index contributed by atoms with van der Waals surface area (Å²) in [6.45, 7) is 5.67. The zero-order valence-electron chi connectivity index (χ0n) is 17.3. The predicted molar refractivity (Wildman–Crippen MR) is 114 cm³/mol. The van der Waals surface area contributed by atoms with E-state index in [0.717, 1.165) is 48.5 Å². The minimum atomic E-state index is -0.503. The number of imide groups is 1. The summed E-state index contributed by atoms with van der Waals surface area (Å²) in [4.78, 5) is 26.5. The average Bonchev–Trinajstić information content (AvgIpc) is 3.15. The van der Waals surface area contributed by atoms with Gasteiger partial charge in [0.25, 0.3) is 0 Å². The summed E-state index contributed by atoms with van der Waals surface area (Å²) < 4.78 is 2.03. The van der Waals surface area contributed by atoms with Gasteiger partial charge in [-0.1, -0.05) is 23.8 Å². The first-order chi connectivity index (χ1) is 14.5. The normalized spacial score (nSPS) is 15.3. The number of carbonyl (C=O) groups excluding carboxylic acids is 2. The van der Waals surface area contributed by atoms with Gasteiger partial charge in [-0.2, -0.15) is 0 Å². The molecule has 156 valence electrons. The standard InChI is InChI=1S/C22H26N6O2/c1-15-6-7-18(16(2)13-15)23-22(30)24-20(29)14-27-11-8-17(9-12-27)21-26-25-19-5-3-4-10-28(19)21/h3-7,10,13,17H,8-9,11-12,14H2,1-2H3,(H2,23,24,29,30). The summed E-state index contributed by atoms with van der Waals surface area (Å²) >= 11 is 0. The Morgan fingerprint density at radius 2 is 1.90 bits per heavy atom. The predicted octanol–water partition coefficient (Wildman–Crippen LogP) is 2.87. The van der Waals surface area contributed by atoms with Crippen LogP contribution in [-0.2, 0) is 4.79 Å². The third kappa shape index (κ3) is 4.49. The summed E-state index contributed by atoms with van der Waals surface area (Å²) in [7, 11) is 0. The highest BCUT2D eigenvalue weighted by molar-refractivity contribution is 6.02. The van der Waals surface area contributed by atoms with Gasteiger partial charge in [0.2, 0.25) is 5.91 Å². The fraction of sp³-hybridized carbons (Fsp3) is 0.364. The third-order valence-corrected chi connectivity index (χ3v) is 5.54. The van der Waals surface area contributed by atoms with Crippen molar-refractivity contribution in [3.8, 4) is 0 Å². The first kappa shape index (κ1) is 20.0. The molecule has 1 aromatic carbocycles. The Morgan fingerprint density at radius 3 is 2.67 bits per heavy atom. The summed E-state index contributed by atoms with van der Waals surface area (Å²) in [6, 6.07) is 11.1. The lowest BCUT2D eigenvalue weighted by molar-refractivity contribution is -0.121. The van der Waals surface area contributed by atoms with Gasteiger partial charge in [0.1, 0.15) is 5.82 Å². The molecule has 3 amide bonds. The highest BCUT2D eigenvalue weighted by Gasteiger charge is 2.25. The first-order valence-electron chi connectivity index (χ1n) is 10.2. The molecule has 2 aromatic heterocycles. The van der Waals surface area contributed by atoms with Crippen molar-refractivity contribution >= 4 is 23.3 Å². The molecule has 8 heteroatoms. The van der Waals surface area contributed by atoms with E-state index in [4.69, 9.17) is 0 Å². The first-order valence-corrected chi connectivity index (χ1v) is 10.2. The van der Waals surface area contributed by atoms with Gasteiger partial charge in [0.05, 0.1) is 6.54 Å². The number of hydrogen-bond donors (Lipinski definition) is 2. The monoisotopic (exact) mass is 406 g/mol. The number of piperidine rings is 1. The van der Waals surface area contributed by atoms with Gasteiger partial charge in [0, 0.05) is 17.8 Å². The van der Waals surface area contributed by atoms with E-state index >= 15 is 0 Å². The molecular formula is C22H26N6O2. The lowest BCUT2D eigenvalue weighted by Gasteiger charge is -2.30. The fourth-order valence-electron chi connectivity index (χ4n) is 3.96. The molecule has 4 rings (SSSR count). The highest BCUT2D eigenvalue weighted by Crippen LogP contribution is 2.26. The molecule has 0 radical (unpaired) electrons. The lowest BCUT2D eigenvalue weighted by atomic mass is 9.96. The Balaban J connectivity index is 1.26. The molecule has 0 spiro atoms. The summed E-state index contributed by atoms with van der Waals surface area (Å²) in [6.07, 6.45) is 3.79. The number of aryl methyl sites for hydroxylation is 2. The van der Waals surface area contributed by atoms with Gasteiger partial charge in [-0.05, 0) is 63.5 Å². The van der Waals surface area contributed by atoms with Crippen LogP contribution in [0.4, 0.5) is 10.5 Å². The van der Waals surface area contributed by atoms with E-state index < -0.39 is 6.03 Å². The van der Waals surface area contributed by atoms with Crippen LogP contribution in [0.2, 0.25) is 0 Å². The van der Waals surface area contributed by atoms with Gasteiger partial charge in [-0.3, -0.25) is 19.4 Å². The zero-order valence-corrected chi connectivity index (χ0v) is 17.3. The van der Waals surface area contributed by atoms with Gasteiger partial charge in [-0.25, -0.2) is 4.79 Å². The Morgan fingerprint density at radius 1 is 1.10 bits per heavy atom. The van der Waals surface area contributed by atoms with Crippen LogP contribution in [0.3, 0.4) is 0 Å². The van der Waals surface area contributed by atoms with Crippen LogP contribution in [0.15, 0.2) is 42.6 Å². The lowest BCUT2D eigenvalue weighted by Crippen LogP contribution is -2.44. The minimum absolute atomic E-state index is 0.202. The molecule has 1 aliphatic rings. The van der Waals surface area contributed by atoms with Crippen LogP contribution in [-0.4, -0.2) is 51.1 Å². The van der Waals surface area contributed by atoms with Crippen molar-refractivity contribution in [3.63, 3.8) is 0 Å². The van der Waals surface area contributed by atoms with E-state index in [1.54, 1.807) is 0 Å². The molecule has 3 heterocycles. The number of rotatable bonds is 4. The van der Waals surface area contributed by atoms with Crippen molar-refractivity contribution in [2.75, 3.05) is 25.0 Å².